The monoisotopic (exact) mass is 359 g/mol. The van der Waals surface area contributed by atoms with Crippen LogP contribution in [0.1, 0.15) is 22.0 Å². The van der Waals surface area contributed by atoms with Crippen molar-refractivity contribution in [3.63, 3.8) is 0 Å². The van der Waals surface area contributed by atoms with Crippen molar-refractivity contribution in [1.29, 1.82) is 0 Å². The Hall–Kier alpha value is -2.73. The minimum atomic E-state index is -0.213. The number of carbonyl (C=O) groups excluding carboxylic acids is 1. The van der Waals surface area contributed by atoms with E-state index in [-0.39, 0.29) is 18.3 Å². The second-order valence-corrected chi connectivity index (χ2v) is 6.03. The van der Waals surface area contributed by atoms with Gasteiger partial charge < -0.3 is 14.1 Å². The zero-order valence-corrected chi connectivity index (χ0v) is 14.7. The van der Waals surface area contributed by atoms with Crippen LogP contribution in [0.2, 0.25) is 5.02 Å². The number of aromatic nitrogens is 2. The predicted molar refractivity (Wildman–Crippen MR) is 93.5 cm³/mol. The highest BCUT2D eigenvalue weighted by atomic mass is 35.5. The van der Waals surface area contributed by atoms with Gasteiger partial charge in [-0.1, -0.05) is 23.7 Å². The summed E-state index contributed by atoms with van der Waals surface area (Å²) in [6.45, 7) is 0.604. The van der Waals surface area contributed by atoms with Gasteiger partial charge in [-0.3, -0.25) is 9.48 Å². The summed E-state index contributed by atoms with van der Waals surface area (Å²) in [7, 11) is 3.54. The highest BCUT2D eigenvalue weighted by molar-refractivity contribution is 6.32. The Morgan fingerprint density at radius 3 is 2.80 bits per heavy atom. The fourth-order valence-corrected chi connectivity index (χ4v) is 2.52. The van der Waals surface area contributed by atoms with Gasteiger partial charge in [0.1, 0.15) is 18.1 Å². The molecule has 1 amide bonds. The van der Waals surface area contributed by atoms with Crippen molar-refractivity contribution < 1.29 is 13.9 Å². The van der Waals surface area contributed by atoms with Crippen LogP contribution in [0.5, 0.6) is 5.75 Å². The number of benzene rings is 1. The highest BCUT2D eigenvalue weighted by Gasteiger charge is 2.17. The summed E-state index contributed by atoms with van der Waals surface area (Å²) >= 11 is 6.04. The number of hydrogen-bond donors (Lipinski definition) is 0. The van der Waals surface area contributed by atoms with Crippen LogP contribution in [0.25, 0.3) is 0 Å². The van der Waals surface area contributed by atoms with Crippen LogP contribution in [-0.2, 0) is 20.2 Å². The lowest BCUT2D eigenvalue weighted by Crippen LogP contribution is -2.26. The smallest absolute Gasteiger partial charge is 0.289 e. The maximum atomic E-state index is 12.4. The second-order valence-electron chi connectivity index (χ2n) is 5.63. The summed E-state index contributed by atoms with van der Waals surface area (Å²) in [6, 6.07) is 12.4. The Kier molecular flexibility index (Phi) is 5.09. The number of rotatable bonds is 6. The Balaban J connectivity index is 1.60. The molecule has 0 aliphatic rings. The van der Waals surface area contributed by atoms with Crippen molar-refractivity contribution in [2.75, 3.05) is 7.05 Å². The zero-order chi connectivity index (χ0) is 17.8. The van der Waals surface area contributed by atoms with Gasteiger partial charge in [0.25, 0.3) is 5.91 Å². The molecule has 2 heterocycles. The van der Waals surface area contributed by atoms with Gasteiger partial charge in [-0.2, -0.15) is 5.10 Å². The van der Waals surface area contributed by atoms with E-state index in [1.54, 1.807) is 40.9 Å². The molecule has 25 heavy (non-hydrogen) atoms. The van der Waals surface area contributed by atoms with Crippen molar-refractivity contribution >= 4 is 17.5 Å². The molecule has 0 spiro atoms. The molecule has 0 atom stereocenters. The number of aryl methyl sites for hydroxylation is 1. The summed E-state index contributed by atoms with van der Waals surface area (Å²) in [5.74, 6) is 1.17. The van der Waals surface area contributed by atoms with E-state index in [2.05, 4.69) is 5.10 Å². The lowest BCUT2D eigenvalue weighted by atomic mass is 10.3. The molecule has 6 nitrogen and oxygen atoms in total. The number of carbonyl (C=O) groups is 1. The molecule has 2 aromatic heterocycles. The van der Waals surface area contributed by atoms with Gasteiger partial charge in [-0.05, 0) is 30.3 Å². The lowest BCUT2D eigenvalue weighted by molar-refractivity contribution is 0.0747. The van der Waals surface area contributed by atoms with Crippen LogP contribution >= 0.6 is 11.6 Å². The van der Waals surface area contributed by atoms with Gasteiger partial charge in [-0.25, -0.2) is 0 Å². The number of halogens is 1. The normalized spacial score (nSPS) is 10.7. The third-order valence-corrected chi connectivity index (χ3v) is 3.91. The summed E-state index contributed by atoms with van der Waals surface area (Å²) < 4.78 is 12.9. The minimum absolute atomic E-state index is 0.195. The molecule has 0 bridgehead atoms. The van der Waals surface area contributed by atoms with Gasteiger partial charge in [0.2, 0.25) is 0 Å². The van der Waals surface area contributed by atoms with E-state index in [0.717, 1.165) is 5.69 Å². The standard InChI is InChI=1S/C18H18ClN3O3/c1-21(11-13-9-10-22(2)20-13)18(23)17-8-7-14(25-17)12-24-16-6-4-3-5-15(16)19/h3-10H,11-12H2,1-2H3. The number of amides is 1. The molecule has 1 aromatic carbocycles. The minimum Gasteiger partial charge on any atom is -0.484 e. The van der Waals surface area contributed by atoms with Crippen molar-refractivity contribution in [1.82, 2.24) is 14.7 Å². The Labute approximate surface area is 150 Å². The van der Waals surface area contributed by atoms with Crippen LogP contribution < -0.4 is 4.74 Å². The van der Waals surface area contributed by atoms with Crippen molar-refractivity contribution in [2.24, 2.45) is 7.05 Å². The quantitative estimate of drug-likeness (QED) is 0.675. The molecule has 0 saturated heterocycles. The van der Waals surface area contributed by atoms with Crippen LogP contribution in [0, 0.1) is 0 Å². The number of hydrogen-bond acceptors (Lipinski definition) is 4. The van der Waals surface area contributed by atoms with E-state index >= 15 is 0 Å². The maximum absolute atomic E-state index is 12.4. The van der Waals surface area contributed by atoms with Gasteiger partial charge in [0.05, 0.1) is 17.3 Å². The molecular weight excluding hydrogens is 342 g/mol. The first-order chi connectivity index (χ1) is 12.0. The summed E-state index contributed by atoms with van der Waals surface area (Å²) in [5, 5.41) is 4.79. The van der Waals surface area contributed by atoms with E-state index in [4.69, 9.17) is 20.8 Å². The molecule has 3 rings (SSSR count). The first kappa shape index (κ1) is 17.1. The Bertz CT molecular complexity index is 872. The SMILES string of the molecule is CN(Cc1ccn(C)n1)C(=O)c1ccc(COc2ccccc2Cl)o1. The summed E-state index contributed by atoms with van der Waals surface area (Å²) in [5.41, 5.74) is 0.812. The molecule has 7 heteroatoms. The first-order valence-electron chi connectivity index (χ1n) is 7.73. The summed E-state index contributed by atoms with van der Waals surface area (Å²) in [6.07, 6.45) is 1.84. The third-order valence-electron chi connectivity index (χ3n) is 3.59. The number of furan rings is 1. The fraction of sp³-hybridized carbons (Fsp3) is 0.222. The van der Waals surface area contributed by atoms with Gasteiger partial charge >= 0.3 is 0 Å². The van der Waals surface area contributed by atoms with Gasteiger partial charge in [0.15, 0.2) is 5.76 Å². The lowest BCUT2D eigenvalue weighted by Gasteiger charge is -2.14. The molecule has 130 valence electrons. The number of nitrogens with zero attached hydrogens (tertiary/aromatic N) is 3. The first-order valence-corrected chi connectivity index (χ1v) is 8.11. The fourth-order valence-electron chi connectivity index (χ4n) is 2.33. The molecule has 0 radical (unpaired) electrons. The molecule has 0 saturated carbocycles. The topological polar surface area (TPSA) is 60.5 Å². The average Bonchev–Trinajstić information content (AvgIpc) is 3.22. The van der Waals surface area contributed by atoms with E-state index in [0.29, 0.717) is 23.1 Å². The Morgan fingerprint density at radius 1 is 1.28 bits per heavy atom. The van der Waals surface area contributed by atoms with Gasteiger partial charge in [0, 0.05) is 20.3 Å². The van der Waals surface area contributed by atoms with Crippen molar-refractivity contribution in [3.05, 3.63) is 70.9 Å². The highest BCUT2D eigenvalue weighted by Crippen LogP contribution is 2.24. The van der Waals surface area contributed by atoms with E-state index in [9.17, 15) is 4.79 Å². The molecule has 0 N–H and O–H groups in total. The van der Waals surface area contributed by atoms with E-state index in [1.807, 2.05) is 31.4 Å². The van der Waals surface area contributed by atoms with Gasteiger partial charge in [-0.15, -0.1) is 0 Å². The van der Waals surface area contributed by atoms with Crippen LogP contribution in [0.15, 0.2) is 53.1 Å². The van der Waals surface area contributed by atoms with Crippen LogP contribution in [-0.4, -0.2) is 27.6 Å². The molecule has 0 unspecified atom stereocenters. The molecule has 0 aliphatic heterocycles. The average molecular weight is 360 g/mol. The van der Waals surface area contributed by atoms with Crippen molar-refractivity contribution in [3.8, 4) is 5.75 Å². The maximum Gasteiger partial charge on any atom is 0.289 e. The predicted octanol–water partition coefficient (Wildman–Crippen LogP) is 3.52. The Morgan fingerprint density at radius 2 is 2.08 bits per heavy atom. The third kappa shape index (κ3) is 4.22. The van der Waals surface area contributed by atoms with Crippen molar-refractivity contribution in [2.45, 2.75) is 13.2 Å². The van der Waals surface area contributed by atoms with E-state index in [1.165, 1.54) is 0 Å². The van der Waals surface area contributed by atoms with Crippen LogP contribution in [0.4, 0.5) is 0 Å². The molecular formula is C18H18ClN3O3. The number of para-hydroxylation sites is 1. The van der Waals surface area contributed by atoms with E-state index < -0.39 is 0 Å². The molecule has 0 fully saturated rings. The summed E-state index contributed by atoms with van der Waals surface area (Å²) in [4.78, 5) is 14.0. The number of ether oxygens (including phenoxy) is 1. The van der Waals surface area contributed by atoms with Crippen LogP contribution in [0.3, 0.4) is 0 Å². The largest absolute Gasteiger partial charge is 0.484 e. The molecule has 0 aliphatic carbocycles. The molecule has 3 aromatic rings. The second kappa shape index (κ2) is 7.44. The zero-order valence-electron chi connectivity index (χ0n) is 14.0.